The van der Waals surface area contributed by atoms with Crippen molar-refractivity contribution < 1.29 is 9.53 Å². The Morgan fingerprint density at radius 2 is 1.70 bits per heavy atom. The van der Waals surface area contributed by atoms with Crippen LogP contribution in [0.2, 0.25) is 5.02 Å². The lowest BCUT2D eigenvalue weighted by molar-refractivity contribution is 0.0988. The molecule has 0 aliphatic carbocycles. The van der Waals surface area contributed by atoms with Crippen molar-refractivity contribution >= 4 is 17.4 Å². The molecular weight excluding hydrogens is 272 g/mol. The molecule has 0 spiro atoms. The van der Waals surface area contributed by atoms with Gasteiger partial charge in [-0.05, 0) is 48.9 Å². The third kappa shape index (κ3) is 3.61. The normalized spacial score (nSPS) is 11.9. The number of ether oxygens (including phenoxy) is 1. The Balaban J connectivity index is 2.06. The number of ketones is 1. The first-order chi connectivity index (χ1) is 9.60. The zero-order valence-electron chi connectivity index (χ0n) is 11.6. The number of rotatable bonds is 5. The summed E-state index contributed by atoms with van der Waals surface area (Å²) in [7, 11) is 0. The average Bonchev–Trinajstić information content (AvgIpc) is 2.48. The molecule has 0 bridgehead atoms. The van der Waals surface area contributed by atoms with E-state index in [0.717, 1.165) is 16.9 Å². The van der Waals surface area contributed by atoms with Gasteiger partial charge in [0, 0.05) is 17.0 Å². The van der Waals surface area contributed by atoms with Crippen molar-refractivity contribution in [3.8, 4) is 5.75 Å². The summed E-state index contributed by atoms with van der Waals surface area (Å²) >= 11 is 5.86. The van der Waals surface area contributed by atoms with Gasteiger partial charge >= 0.3 is 0 Å². The summed E-state index contributed by atoms with van der Waals surface area (Å²) in [5.74, 6) is 0.891. The standard InChI is InChI=1S/C17H17ClO2/c1-3-17(19)14-6-10-16(11-7-14)20-12(2)13-4-8-15(18)9-5-13/h4-12H,3H2,1-2H3. The van der Waals surface area contributed by atoms with E-state index in [4.69, 9.17) is 16.3 Å². The molecule has 0 saturated heterocycles. The Labute approximate surface area is 124 Å². The molecule has 2 aromatic carbocycles. The Morgan fingerprint density at radius 1 is 1.10 bits per heavy atom. The second-order valence-electron chi connectivity index (χ2n) is 4.61. The van der Waals surface area contributed by atoms with Crippen LogP contribution in [0.1, 0.15) is 42.3 Å². The molecule has 1 atom stereocenters. The van der Waals surface area contributed by atoms with Crippen LogP contribution in [-0.4, -0.2) is 5.78 Å². The van der Waals surface area contributed by atoms with Gasteiger partial charge < -0.3 is 4.74 Å². The zero-order chi connectivity index (χ0) is 14.5. The summed E-state index contributed by atoms with van der Waals surface area (Å²) < 4.78 is 5.85. The van der Waals surface area contributed by atoms with Crippen LogP contribution in [0.25, 0.3) is 0 Å². The predicted molar refractivity (Wildman–Crippen MR) is 81.6 cm³/mol. The van der Waals surface area contributed by atoms with Crippen LogP contribution in [0, 0.1) is 0 Å². The van der Waals surface area contributed by atoms with Crippen molar-refractivity contribution in [3.05, 3.63) is 64.7 Å². The van der Waals surface area contributed by atoms with Gasteiger partial charge in [-0.15, -0.1) is 0 Å². The van der Waals surface area contributed by atoms with Crippen molar-refractivity contribution in [3.63, 3.8) is 0 Å². The average molecular weight is 289 g/mol. The molecule has 0 N–H and O–H groups in total. The number of carbonyl (C=O) groups excluding carboxylic acids is 1. The summed E-state index contributed by atoms with van der Waals surface area (Å²) in [5, 5.41) is 0.711. The maximum Gasteiger partial charge on any atom is 0.162 e. The predicted octanol–water partition coefficient (Wildman–Crippen LogP) is 5.07. The van der Waals surface area contributed by atoms with E-state index < -0.39 is 0 Å². The number of halogens is 1. The summed E-state index contributed by atoms with van der Waals surface area (Å²) in [6.07, 6.45) is 0.446. The van der Waals surface area contributed by atoms with E-state index in [9.17, 15) is 4.79 Å². The van der Waals surface area contributed by atoms with Gasteiger partial charge in [-0.1, -0.05) is 30.7 Å². The Hall–Kier alpha value is -1.80. The molecule has 0 radical (unpaired) electrons. The zero-order valence-corrected chi connectivity index (χ0v) is 12.4. The van der Waals surface area contributed by atoms with E-state index in [1.165, 1.54) is 0 Å². The smallest absolute Gasteiger partial charge is 0.162 e. The van der Waals surface area contributed by atoms with Crippen LogP contribution in [0.4, 0.5) is 0 Å². The molecular formula is C17H17ClO2. The van der Waals surface area contributed by atoms with E-state index >= 15 is 0 Å². The second kappa shape index (κ2) is 6.58. The van der Waals surface area contributed by atoms with Crippen LogP contribution >= 0.6 is 11.6 Å². The van der Waals surface area contributed by atoms with Gasteiger partial charge in [0.05, 0.1) is 0 Å². The number of Topliss-reactive ketones (excluding diaryl/α,β-unsaturated/α-hetero) is 1. The van der Waals surface area contributed by atoms with Crippen molar-refractivity contribution in [2.45, 2.75) is 26.4 Å². The van der Waals surface area contributed by atoms with Crippen molar-refractivity contribution in [2.75, 3.05) is 0 Å². The Morgan fingerprint density at radius 3 is 2.25 bits per heavy atom. The minimum absolute atomic E-state index is 0.0695. The lowest BCUT2D eigenvalue weighted by Crippen LogP contribution is -2.03. The van der Waals surface area contributed by atoms with Gasteiger partial charge in [0.1, 0.15) is 11.9 Å². The molecule has 2 aromatic rings. The number of hydrogen-bond acceptors (Lipinski definition) is 2. The van der Waals surface area contributed by atoms with E-state index in [-0.39, 0.29) is 11.9 Å². The topological polar surface area (TPSA) is 26.3 Å². The van der Waals surface area contributed by atoms with Gasteiger partial charge in [0.15, 0.2) is 5.78 Å². The monoisotopic (exact) mass is 288 g/mol. The molecule has 0 aliphatic heterocycles. The molecule has 0 fully saturated rings. The van der Waals surface area contributed by atoms with Crippen LogP contribution in [-0.2, 0) is 0 Å². The molecule has 0 saturated carbocycles. The van der Waals surface area contributed by atoms with E-state index in [0.29, 0.717) is 11.4 Å². The first-order valence-electron chi connectivity index (χ1n) is 6.65. The fraction of sp³-hybridized carbons (Fsp3) is 0.235. The lowest BCUT2D eigenvalue weighted by atomic mass is 10.1. The molecule has 3 heteroatoms. The summed E-state index contributed by atoms with van der Waals surface area (Å²) in [6, 6.07) is 14.8. The summed E-state index contributed by atoms with van der Waals surface area (Å²) in [4.78, 5) is 11.5. The molecule has 0 aromatic heterocycles. The van der Waals surface area contributed by atoms with Crippen LogP contribution in [0.3, 0.4) is 0 Å². The minimum Gasteiger partial charge on any atom is -0.486 e. The molecule has 20 heavy (non-hydrogen) atoms. The maximum atomic E-state index is 11.5. The fourth-order valence-corrected chi connectivity index (χ4v) is 2.06. The highest BCUT2D eigenvalue weighted by molar-refractivity contribution is 6.30. The highest BCUT2D eigenvalue weighted by atomic mass is 35.5. The van der Waals surface area contributed by atoms with E-state index in [2.05, 4.69) is 0 Å². The van der Waals surface area contributed by atoms with Crippen LogP contribution in [0.5, 0.6) is 5.75 Å². The molecule has 2 nitrogen and oxygen atoms in total. The van der Waals surface area contributed by atoms with Gasteiger partial charge in [0.25, 0.3) is 0 Å². The summed E-state index contributed by atoms with van der Waals surface area (Å²) in [5.41, 5.74) is 1.78. The first kappa shape index (κ1) is 14.6. The number of benzene rings is 2. The molecule has 0 aliphatic rings. The molecule has 0 heterocycles. The van der Waals surface area contributed by atoms with Crippen molar-refractivity contribution in [2.24, 2.45) is 0 Å². The highest BCUT2D eigenvalue weighted by Crippen LogP contribution is 2.23. The second-order valence-corrected chi connectivity index (χ2v) is 5.05. The van der Waals surface area contributed by atoms with Gasteiger partial charge in [-0.25, -0.2) is 0 Å². The fourth-order valence-electron chi connectivity index (χ4n) is 1.93. The quantitative estimate of drug-likeness (QED) is 0.718. The third-order valence-electron chi connectivity index (χ3n) is 3.15. The van der Waals surface area contributed by atoms with Gasteiger partial charge in [0.2, 0.25) is 0 Å². The Bertz CT molecular complexity index is 573. The van der Waals surface area contributed by atoms with Crippen molar-refractivity contribution in [1.82, 2.24) is 0 Å². The first-order valence-corrected chi connectivity index (χ1v) is 7.03. The van der Waals surface area contributed by atoms with Crippen LogP contribution < -0.4 is 4.74 Å². The van der Waals surface area contributed by atoms with E-state index in [1.54, 1.807) is 12.1 Å². The summed E-state index contributed by atoms with van der Waals surface area (Å²) in [6.45, 7) is 3.84. The van der Waals surface area contributed by atoms with Crippen molar-refractivity contribution in [1.29, 1.82) is 0 Å². The minimum atomic E-state index is -0.0695. The van der Waals surface area contributed by atoms with Crippen LogP contribution in [0.15, 0.2) is 48.5 Å². The maximum absolute atomic E-state index is 11.5. The number of carbonyl (C=O) groups is 1. The molecule has 1 unspecified atom stereocenters. The third-order valence-corrected chi connectivity index (χ3v) is 3.40. The number of hydrogen-bond donors (Lipinski definition) is 0. The molecule has 0 amide bonds. The Kier molecular flexibility index (Phi) is 4.80. The van der Waals surface area contributed by atoms with Gasteiger partial charge in [-0.3, -0.25) is 4.79 Å². The molecule has 2 rings (SSSR count). The van der Waals surface area contributed by atoms with Gasteiger partial charge in [-0.2, -0.15) is 0 Å². The lowest BCUT2D eigenvalue weighted by Gasteiger charge is -2.15. The SMILES string of the molecule is CCC(=O)c1ccc(OC(C)c2ccc(Cl)cc2)cc1. The molecule has 104 valence electrons. The van der Waals surface area contributed by atoms with E-state index in [1.807, 2.05) is 50.2 Å². The largest absolute Gasteiger partial charge is 0.486 e. The highest BCUT2D eigenvalue weighted by Gasteiger charge is 2.08.